The van der Waals surface area contributed by atoms with Crippen LogP contribution in [0.3, 0.4) is 0 Å². The molecule has 1 amide bonds. The average Bonchev–Trinajstić information content (AvgIpc) is 2.55. The van der Waals surface area contributed by atoms with Gasteiger partial charge in [-0.15, -0.1) is 11.8 Å². The Morgan fingerprint density at radius 1 is 1.12 bits per heavy atom. The molecule has 2 N–H and O–H groups in total. The Hall–Kier alpha value is -1.54. The topological polar surface area (TPSA) is 75.3 Å². The lowest BCUT2D eigenvalue weighted by Crippen LogP contribution is -2.41. The fourth-order valence-electron chi connectivity index (χ4n) is 1.96. The largest absolute Gasteiger partial charge is 0.324 e. The Bertz CT molecular complexity index is 823. The maximum atomic E-state index is 12.3. The third-order valence-electron chi connectivity index (χ3n) is 3.21. The molecule has 0 aromatic heterocycles. The predicted molar refractivity (Wildman–Crippen MR) is 98.1 cm³/mol. The van der Waals surface area contributed by atoms with Crippen LogP contribution in [-0.2, 0) is 14.8 Å². The number of halogens is 1. The highest BCUT2D eigenvalue weighted by Crippen LogP contribution is 2.24. The number of benzene rings is 2. The van der Waals surface area contributed by atoms with Crippen LogP contribution < -0.4 is 10.0 Å². The van der Waals surface area contributed by atoms with Gasteiger partial charge in [-0.05, 0) is 49.6 Å². The molecule has 2 aromatic carbocycles. The maximum absolute atomic E-state index is 12.3. The van der Waals surface area contributed by atoms with Gasteiger partial charge in [0.05, 0.1) is 16.6 Å². The molecule has 2 aromatic rings. The number of rotatable bonds is 6. The van der Waals surface area contributed by atoms with Crippen LogP contribution in [-0.4, -0.2) is 26.6 Å². The molecular formula is C16H17ClN2O3S2. The van der Waals surface area contributed by atoms with Crippen molar-refractivity contribution in [2.24, 2.45) is 0 Å². The molecule has 8 heteroatoms. The van der Waals surface area contributed by atoms with Gasteiger partial charge in [-0.3, -0.25) is 4.79 Å². The van der Waals surface area contributed by atoms with Crippen LogP contribution in [0.15, 0.2) is 58.3 Å². The average molecular weight is 385 g/mol. The second kappa shape index (κ2) is 8.02. The lowest BCUT2D eigenvalue weighted by atomic mass is 10.3. The number of sulfonamides is 1. The smallest absolute Gasteiger partial charge is 0.242 e. The first kappa shape index (κ1) is 18.8. The highest BCUT2D eigenvalue weighted by Gasteiger charge is 2.22. The van der Waals surface area contributed by atoms with Gasteiger partial charge in [0.15, 0.2) is 0 Å². The summed E-state index contributed by atoms with van der Waals surface area (Å²) < 4.78 is 27.0. The third kappa shape index (κ3) is 4.73. The van der Waals surface area contributed by atoms with E-state index in [1.165, 1.54) is 43.0 Å². The van der Waals surface area contributed by atoms with Crippen molar-refractivity contribution in [3.8, 4) is 0 Å². The van der Waals surface area contributed by atoms with Crippen LogP contribution in [0, 0.1) is 0 Å². The van der Waals surface area contributed by atoms with E-state index in [1.807, 2.05) is 18.4 Å². The number of anilines is 1. The molecule has 0 bridgehead atoms. The molecule has 0 unspecified atom stereocenters. The van der Waals surface area contributed by atoms with Gasteiger partial charge in [-0.2, -0.15) is 4.72 Å². The molecule has 0 saturated carbocycles. The molecule has 24 heavy (non-hydrogen) atoms. The Labute approximate surface area is 150 Å². The molecule has 128 valence electrons. The van der Waals surface area contributed by atoms with Crippen molar-refractivity contribution in [3.63, 3.8) is 0 Å². The van der Waals surface area contributed by atoms with Crippen molar-refractivity contribution in [3.05, 3.63) is 53.6 Å². The molecule has 0 saturated heterocycles. The van der Waals surface area contributed by atoms with E-state index in [0.29, 0.717) is 10.7 Å². The minimum atomic E-state index is -3.80. The van der Waals surface area contributed by atoms with Gasteiger partial charge in [0, 0.05) is 9.92 Å². The van der Waals surface area contributed by atoms with Crippen LogP contribution in [0.2, 0.25) is 5.02 Å². The minimum Gasteiger partial charge on any atom is -0.324 e. The first-order chi connectivity index (χ1) is 11.3. The van der Waals surface area contributed by atoms with Gasteiger partial charge in [-0.25, -0.2) is 8.42 Å². The fourth-order valence-corrected chi connectivity index (χ4v) is 3.84. The van der Waals surface area contributed by atoms with Crippen molar-refractivity contribution in [1.29, 1.82) is 0 Å². The maximum Gasteiger partial charge on any atom is 0.242 e. The Morgan fingerprint density at radius 3 is 2.38 bits per heavy atom. The number of hydrogen-bond donors (Lipinski definition) is 2. The highest BCUT2D eigenvalue weighted by atomic mass is 35.5. The summed E-state index contributed by atoms with van der Waals surface area (Å²) >= 11 is 7.25. The lowest BCUT2D eigenvalue weighted by molar-refractivity contribution is -0.117. The monoisotopic (exact) mass is 384 g/mol. The van der Waals surface area contributed by atoms with Gasteiger partial charge in [0.1, 0.15) is 0 Å². The normalized spacial score (nSPS) is 12.6. The van der Waals surface area contributed by atoms with E-state index in [-0.39, 0.29) is 4.90 Å². The number of carbonyl (C=O) groups excluding carboxylic acids is 1. The number of thioether (sulfide) groups is 1. The van der Waals surface area contributed by atoms with Crippen molar-refractivity contribution < 1.29 is 13.2 Å². The van der Waals surface area contributed by atoms with Crippen LogP contribution >= 0.6 is 23.4 Å². The molecule has 0 heterocycles. The van der Waals surface area contributed by atoms with E-state index < -0.39 is 22.0 Å². The molecule has 0 aliphatic heterocycles. The highest BCUT2D eigenvalue weighted by molar-refractivity contribution is 7.98. The van der Waals surface area contributed by atoms with Crippen LogP contribution in [0.25, 0.3) is 0 Å². The van der Waals surface area contributed by atoms with Gasteiger partial charge in [0.25, 0.3) is 0 Å². The molecular weight excluding hydrogens is 368 g/mol. The van der Waals surface area contributed by atoms with E-state index in [2.05, 4.69) is 10.0 Å². The molecule has 0 radical (unpaired) electrons. The van der Waals surface area contributed by atoms with Gasteiger partial charge in [-0.1, -0.05) is 23.7 Å². The van der Waals surface area contributed by atoms with E-state index in [1.54, 1.807) is 12.1 Å². The Morgan fingerprint density at radius 2 is 1.75 bits per heavy atom. The van der Waals surface area contributed by atoms with Crippen molar-refractivity contribution in [2.45, 2.75) is 22.8 Å². The quantitative estimate of drug-likeness (QED) is 0.749. The summed E-state index contributed by atoms with van der Waals surface area (Å²) in [6, 6.07) is 12.1. The van der Waals surface area contributed by atoms with E-state index in [9.17, 15) is 13.2 Å². The minimum absolute atomic E-state index is 0.0519. The number of hydrogen-bond acceptors (Lipinski definition) is 4. The summed E-state index contributed by atoms with van der Waals surface area (Å²) in [7, 11) is -3.80. The molecule has 2 rings (SSSR count). The second-order valence-corrected chi connectivity index (χ2v) is 7.98. The summed E-state index contributed by atoms with van der Waals surface area (Å²) in [5, 5.41) is 3.17. The Balaban J connectivity index is 2.09. The predicted octanol–water partition coefficient (Wildman–Crippen LogP) is 3.37. The third-order valence-corrected chi connectivity index (χ3v) is 5.82. The lowest BCUT2D eigenvalue weighted by Gasteiger charge is -2.16. The molecule has 0 aliphatic rings. The van der Waals surface area contributed by atoms with Crippen molar-refractivity contribution >= 4 is 45.0 Å². The first-order valence-corrected chi connectivity index (χ1v) is 10.1. The molecule has 1 atom stereocenters. The zero-order valence-electron chi connectivity index (χ0n) is 13.1. The number of carbonyl (C=O) groups is 1. The van der Waals surface area contributed by atoms with Crippen LogP contribution in [0.1, 0.15) is 6.92 Å². The van der Waals surface area contributed by atoms with Crippen LogP contribution in [0.4, 0.5) is 5.69 Å². The second-order valence-electron chi connectivity index (χ2n) is 4.99. The molecule has 0 aliphatic carbocycles. The fraction of sp³-hybridized carbons (Fsp3) is 0.188. The zero-order valence-corrected chi connectivity index (χ0v) is 15.5. The number of nitrogens with one attached hydrogen (secondary N) is 2. The Kier molecular flexibility index (Phi) is 6.28. The van der Waals surface area contributed by atoms with E-state index in [0.717, 1.165) is 4.90 Å². The van der Waals surface area contributed by atoms with Gasteiger partial charge >= 0.3 is 0 Å². The summed E-state index contributed by atoms with van der Waals surface area (Å²) in [5.74, 6) is -0.436. The first-order valence-electron chi connectivity index (χ1n) is 7.05. The van der Waals surface area contributed by atoms with Crippen molar-refractivity contribution in [1.82, 2.24) is 4.72 Å². The molecule has 5 nitrogen and oxygen atoms in total. The van der Waals surface area contributed by atoms with E-state index in [4.69, 9.17) is 11.6 Å². The molecule has 0 spiro atoms. The van der Waals surface area contributed by atoms with E-state index >= 15 is 0 Å². The molecule has 0 fully saturated rings. The number of amides is 1. The SMILES string of the molecule is CSc1ccccc1NC(=O)[C@@H](C)NS(=O)(=O)c1ccc(Cl)cc1. The number of para-hydroxylation sites is 1. The van der Waals surface area contributed by atoms with Gasteiger partial charge < -0.3 is 5.32 Å². The van der Waals surface area contributed by atoms with Crippen molar-refractivity contribution in [2.75, 3.05) is 11.6 Å². The summed E-state index contributed by atoms with van der Waals surface area (Å²) in [6.07, 6.45) is 1.90. The summed E-state index contributed by atoms with van der Waals surface area (Å²) in [6.45, 7) is 1.49. The van der Waals surface area contributed by atoms with Gasteiger partial charge in [0.2, 0.25) is 15.9 Å². The zero-order chi connectivity index (χ0) is 17.7. The summed E-state index contributed by atoms with van der Waals surface area (Å²) in [4.78, 5) is 13.2. The summed E-state index contributed by atoms with van der Waals surface area (Å²) in [5.41, 5.74) is 0.646. The van der Waals surface area contributed by atoms with Crippen LogP contribution in [0.5, 0.6) is 0 Å². The standard InChI is InChI=1S/C16H17ClN2O3S2/c1-11(16(20)18-14-5-3-4-6-15(14)23-2)19-24(21,22)13-9-7-12(17)8-10-13/h3-11,19H,1-2H3,(H,18,20)/t11-/m1/s1.